The van der Waals surface area contributed by atoms with Gasteiger partial charge in [-0.25, -0.2) is 9.59 Å². The van der Waals surface area contributed by atoms with Crippen molar-refractivity contribution in [3.05, 3.63) is 29.3 Å². The highest BCUT2D eigenvalue weighted by Gasteiger charge is 2.15. The summed E-state index contributed by atoms with van der Waals surface area (Å²) in [5, 5.41) is 14.4. The number of nitrogens with one attached hydrogen (secondary N) is 2. The number of anilines is 1. The van der Waals surface area contributed by atoms with Gasteiger partial charge in [0.25, 0.3) is 0 Å². The zero-order valence-electron chi connectivity index (χ0n) is 12.0. The molecule has 1 saturated heterocycles. The van der Waals surface area contributed by atoms with Crippen LogP contribution in [0.4, 0.5) is 10.5 Å². The number of urea groups is 1. The predicted octanol–water partition coefficient (Wildman–Crippen LogP) is 2.38. The Labute approximate surface area is 123 Å². The molecule has 0 radical (unpaired) electrons. The number of hydrogen-bond acceptors (Lipinski definition) is 3. The SMILES string of the molecule is Cc1cc(C(=O)O)ccc1NC(=O)NCCC1CCCO1. The number of amides is 2. The van der Waals surface area contributed by atoms with Gasteiger partial charge in [0, 0.05) is 18.8 Å². The predicted molar refractivity (Wildman–Crippen MR) is 78.8 cm³/mol. The summed E-state index contributed by atoms with van der Waals surface area (Å²) < 4.78 is 5.48. The fourth-order valence-electron chi connectivity index (χ4n) is 2.32. The van der Waals surface area contributed by atoms with Crippen LogP contribution in [0, 0.1) is 6.92 Å². The number of aromatic carboxylic acids is 1. The maximum Gasteiger partial charge on any atom is 0.335 e. The third-order valence-corrected chi connectivity index (χ3v) is 3.50. The summed E-state index contributed by atoms with van der Waals surface area (Å²) in [4.78, 5) is 22.6. The summed E-state index contributed by atoms with van der Waals surface area (Å²) in [6, 6.07) is 4.30. The van der Waals surface area contributed by atoms with E-state index in [1.54, 1.807) is 13.0 Å². The van der Waals surface area contributed by atoms with Gasteiger partial charge in [0.15, 0.2) is 0 Å². The van der Waals surface area contributed by atoms with Crippen LogP contribution in [-0.2, 0) is 4.74 Å². The summed E-state index contributed by atoms with van der Waals surface area (Å²) in [6.07, 6.45) is 3.21. The van der Waals surface area contributed by atoms with E-state index in [0.717, 1.165) is 25.9 Å². The molecule has 1 atom stereocenters. The molecule has 0 aliphatic carbocycles. The topological polar surface area (TPSA) is 87.7 Å². The zero-order valence-corrected chi connectivity index (χ0v) is 12.0. The molecule has 1 aromatic carbocycles. The Bertz CT molecular complexity index is 524. The second-order valence-electron chi connectivity index (χ2n) is 5.14. The molecule has 114 valence electrons. The quantitative estimate of drug-likeness (QED) is 0.777. The lowest BCUT2D eigenvalue weighted by Crippen LogP contribution is -2.31. The molecule has 6 nitrogen and oxygen atoms in total. The van der Waals surface area contributed by atoms with E-state index in [4.69, 9.17) is 9.84 Å². The second-order valence-corrected chi connectivity index (χ2v) is 5.14. The van der Waals surface area contributed by atoms with Crippen molar-refractivity contribution in [3.8, 4) is 0 Å². The Balaban J connectivity index is 1.80. The Morgan fingerprint density at radius 2 is 2.24 bits per heavy atom. The van der Waals surface area contributed by atoms with Crippen molar-refractivity contribution < 1.29 is 19.4 Å². The molecule has 1 aromatic rings. The first-order valence-corrected chi connectivity index (χ1v) is 7.06. The van der Waals surface area contributed by atoms with Crippen LogP contribution in [0.1, 0.15) is 35.2 Å². The summed E-state index contributed by atoms with van der Waals surface area (Å²) in [7, 11) is 0. The molecule has 2 amide bonds. The van der Waals surface area contributed by atoms with Crippen LogP contribution >= 0.6 is 0 Å². The van der Waals surface area contributed by atoms with Crippen LogP contribution in [-0.4, -0.2) is 36.4 Å². The summed E-state index contributed by atoms with van der Waals surface area (Å²) in [6.45, 7) is 3.13. The van der Waals surface area contributed by atoms with Gasteiger partial charge in [0.2, 0.25) is 0 Å². The monoisotopic (exact) mass is 292 g/mol. The van der Waals surface area contributed by atoms with Gasteiger partial charge >= 0.3 is 12.0 Å². The maximum atomic E-state index is 11.8. The van der Waals surface area contributed by atoms with Gasteiger partial charge in [-0.2, -0.15) is 0 Å². The van der Waals surface area contributed by atoms with Crippen LogP contribution in [0.15, 0.2) is 18.2 Å². The molecule has 0 saturated carbocycles. The molecule has 2 rings (SSSR count). The number of carboxylic acid groups (broad SMARTS) is 1. The maximum absolute atomic E-state index is 11.8. The van der Waals surface area contributed by atoms with Gasteiger partial charge in [0.05, 0.1) is 11.7 Å². The fraction of sp³-hybridized carbons (Fsp3) is 0.467. The number of hydrogen-bond donors (Lipinski definition) is 3. The normalized spacial score (nSPS) is 17.5. The highest BCUT2D eigenvalue weighted by Crippen LogP contribution is 2.17. The van der Waals surface area contributed by atoms with E-state index >= 15 is 0 Å². The molecule has 0 bridgehead atoms. The smallest absolute Gasteiger partial charge is 0.335 e. The van der Waals surface area contributed by atoms with E-state index in [2.05, 4.69) is 10.6 Å². The molecule has 6 heteroatoms. The van der Waals surface area contributed by atoms with Crippen LogP contribution < -0.4 is 10.6 Å². The van der Waals surface area contributed by atoms with Crippen molar-refractivity contribution >= 4 is 17.7 Å². The van der Waals surface area contributed by atoms with Gasteiger partial charge in [-0.05, 0) is 49.9 Å². The van der Waals surface area contributed by atoms with Gasteiger partial charge in [-0.3, -0.25) is 0 Å². The van der Waals surface area contributed by atoms with E-state index in [9.17, 15) is 9.59 Å². The first-order chi connectivity index (χ1) is 10.1. The molecule has 1 aliphatic rings. The number of benzene rings is 1. The van der Waals surface area contributed by atoms with Crippen LogP contribution in [0.25, 0.3) is 0 Å². The number of carboxylic acids is 1. The molecule has 21 heavy (non-hydrogen) atoms. The summed E-state index contributed by atoms with van der Waals surface area (Å²) >= 11 is 0. The summed E-state index contributed by atoms with van der Waals surface area (Å²) in [5.41, 5.74) is 1.52. The minimum Gasteiger partial charge on any atom is -0.478 e. The minimum atomic E-state index is -0.981. The van der Waals surface area contributed by atoms with Crippen molar-refractivity contribution in [2.75, 3.05) is 18.5 Å². The molecule has 3 N–H and O–H groups in total. The van der Waals surface area contributed by atoms with Gasteiger partial charge in [-0.15, -0.1) is 0 Å². The van der Waals surface area contributed by atoms with Crippen molar-refractivity contribution in [2.24, 2.45) is 0 Å². The van der Waals surface area contributed by atoms with Crippen LogP contribution in [0.3, 0.4) is 0 Å². The number of rotatable bonds is 5. The molecule has 0 aromatic heterocycles. The molecule has 1 heterocycles. The Kier molecular flexibility index (Phi) is 5.16. The lowest BCUT2D eigenvalue weighted by Gasteiger charge is -2.12. The lowest BCUT2D eigenvalue weighted by molar-refractivity contribution is 0.0696. The standard InChI is InChI=1S/C15H20N2O4/c1-10-9-11(14(18)19)4-5-13(10)17-15(20)16-7-6-12-3-2-8-21-12/h4-5,9,12H,2-3,6-8H2,1H3,(H,18,19)(H2,16,17,20). The van der Waals surface area contributed by atoms with E-state index in [-0.39, 0.29) is 17.7 Å². The third-order valence-electron chi connectivity index (χ3n) is 3.50. The molecular formula is C15H20N2O4. The third kappa shape index (κ3) is 4.46. The Morgan fingerprint density at radius 3 is 2.86 bits per heavy atom. The largest absolute Gasteiger partial charge is 0.478 e. The van der Waals surface area contributed by atoms with E-state index in [1.165, 1.54) is 12.1 Å². The van der Waals surface area contributed by atoms with Crippen molar-refractivity contribution in [3.63, 3.8) is 0 Å². The highest BCUT2D eigenvalue weighted by atomic mass is 16.5. The van der Waals surface area contributed by atoms with Crippen molar-refractivity contribution in [2.45, 2.75) is 32.3 Å². The minimum absolute atomic E-state index is 0.205. The molecular weight excluding hydrogens is 272 g/mol. The molecule has 1 aliphatic heterocycles. The molecule has 1 fully saturated rings. The second kappa shape index (κ2) is 7.08. The van der Waals surface area contributed by atoms with E-state index < -0.39 is 5.97 Å². The molecule has 1 unspecified atom stereocenters. The number of carbonyl (C=O) groups excluding carboxylic acids is 1. The van der Waals surface area contributed by atoms with E-state index in [1.807, 2.05) is 0 Å². The first-order valence-electron chi connectivity index (χ1n) is 7.06. The van der Waals surface area contributed by atoms with Crippen molar-refractivity contribution in [1.82, 2.24) is 5.32 Å². The van der Waals surface area contributed by atoms with Gasteiger partial charge in [0.1, 0.15) is 0 Å². The average molecular weight is 292 g/mol. The Morgan fingerprint density at radius 1 is 1.43 bits per heavy atom. The number of aryl methyl sites for hydroxylation is 1. The van der Waals surface area contributed by atoms with Gasteiger partial charge < -0.3 is 20.5 Å². The average Bonchev–Trinajstić information content (AvgIpc) is 2.94. The highest BCUT2D eigenvalue weighted by molar-refractivity contribution is 5.92. The van der Waals surface area contributed by atoms with Crippen LogP contribution in [0.5, 0.6) is 0 Å². The lowest BCUT2D eigenvalue weighted by atomic mass is 10.1. The first kappa shape index (κ1) is 15.3. The van der Waals surface area contributed by atoms with E-state index in [0.29, 0.717) is 17.8 Å². The van der Waals surface area contributed by atoms with Gasteiger partial charge in [-0.1, -0.05) is 0 Å². The number of carbonyl (C=O) groups is 2. The fourth-order valence-corrected chi connectivity index (χ4v) is 2.32. The summed E-state index contributed by atoms with van der Waals surface area (Å²) in [5.74, 6) is -0.981. The Hall–Kier alpha value is -2.08. The van der Waals surface area contributed by atoms with Crippen molar-refractivity contribution in [1.29, 1.82) is 0 Å². The zero-order chi connectivity index (χ0) is 15.2. The van der Waals surface area contributed by atoms with Crippen LogP contribution in [0.2, 0.25) is 0 Å². The number of ether oxygens (including phenoxy) is 1. The molecule has 0 spiro atoms.